The van der Waals surface area contributed by atoms with Crippen LogP contribution >= 0.6 is 15.9 Å². The van der Waals surface area contributed by atoms with Crippen LogP contribution in [0.25, 0.3) is 0 Å². The smallest absolute Gasteiger partial charge is 0.0356 e. The molecule has 1 N–H and O–H groups in total. The summed E-state index contributed by atoms with van der Waals surface area (Å²) >= 11 is 3.66. The van der Waals surface area contributed by atoms with Crippen LogP contribution in [0.1, 0.15) is 55.3 Å². The quantitative estimate of drug-likeness (QED) is 0.801. The first-order chi connectivity index (χ1) is 9.63. The molecule has 2 saturated carbocycles. The Kier molecular flexibility index (Phi) is 4.24. The van der Waals surface area contributed by atoms with Crippen LogP contribution in [0.3, 0.4) is 0 Å². The van der Waals surface area contributed by atoms with Crippen molar-refractivity contribution in [2.75, 3.05) is 6.54 Å². The van der Waals surface area contributed by atoms with Gasteiger partial charge in [-0.2, -0.15) is 0 Å². The highest BCUT2D eigenvalue weighted by Crippen LogP contribution is 2.60. The molecule has 3 rings (SSSR count). The van der Waals surface area contributed by atoms with Gasteiger partial charge >= 0.3 is 0 Å². The molecule has 1 nitrogen and oxygen atoms in total. The molecule has 3 unspecified atom stereocenters. The minimum atomic E-state index is 0.569. The minimum absolute atomic E-state index is 0.569. The third kappa shape index (κ3) is 2.57. The number of hydrogen-bond acceptors (Lipinski definition) is 1. The Morgan fingerprint density at radius 3 is 2.40 bits per heavy atom. The molecule has 0 heterocycles. The molecule has 2 heteroatoms. The van der Waals surface area contributed by atoms with Crippen LogP contribution in [-0.2, 0) is 0 Å². The van der Waals surface area contributed by atoms with E-state index in [1.807, 2.05) is 0 Å². The van der Waals surface area contributed by atoms with E-state index in [2.05, 4.69) is 54.2 Å². The Labute approximate surface area is 131 Å². The lowest BCUT2D eigenvalue weighted by atomic mass is 9.94. The SMILES string of the molecule is CCNC(c1cc(C)c(Br)cc1C)C1C2CCCCC21. The maximum absolute atomic E-state index is 3.79. The number of aryl methyl sites for hydroxylation is 2. The molecule has 0 aliphatic heterocycles. The van der Waals surface area contributed by atoms with E-state index < -0.39 is 0 Å². The highest BCUT2D eigenvalue weighted by atomic mass is 79.9. The van der Waals surface area contributed by atoms with Gasteiger partial charge < -0.3 is 5.32 Å². The fourth-order valence-electron chi connectivity index (χ4n) is 4.35. The number of hydrogen-bond donors (Lipinski definition) is 1. The number of fused-ring (bicyclic) bond motifs is 1. The van der Waals surface area contributed by atoms with E-state index in [1.165, 1.54) is 46.8 Å². The van der Waals surface area contributed by atoms with E-state index in [1.54, 1.807) is 0 Å². The zero-order valence-corrected chi connectivity index (χ0v) is 14.5. The third-order valence-electron chi connectivity index (χ3n) is 5.41. The second-order valence-electron chi connectivity index (χ2n) is 6.68. The molecule has 0 amide bonds. The van der Waals surface area contributed by atoms with E-state index in [9.17, 15) is 0 Å². The summed E-state index contributed by atoms with van der Waals surface area (Å²) < 4.78 is 1.24. The summed E-state index contributed by atoms with van der Waals surface area (Å²) in [5, 5.41) is 3.79. The summed E-state index contributed by atoms with van der Waals surface area (Å²) in [6, 6.07) is 5.26. The van der Waals surface area contributed by atoms with Crippen molar-refractivity contribution in [3.05, 3.63) is 33.3 Å². The highest BCUT2D eigenvalue weighted by Gasteiger charge is 2.54. The van der Waals surface area contributed by atoms with Gasteiger partial charge in [-0.1, -0.05) is 41.8 Å². The highest BCUT2D eigenvalue weighted by molar-refractivity contribution is 9.10. The van der Waals surface area contributed by atoms with Crippen LogP contribution < -0.4 is 5.32 Å². The number of nitrogens with one attached hydrogen (secondary N) is 1. The van der Waals surface area contributed by atoms with E-state index >= 15 is 0 Å². The molecule has 2 aliphatic rings. The van der Waals surface area contributed by atoms with Crippen molar-refractivity contribution in [1.82, 2.24) is 5.32 Å². The Balaban J connectivity index is 1.89. The summed E-state index contributed by atoms with van der Waals surface area (Å²) in [5.41, 5.74) is 4.32. The van der Waals surface area contributed by atoms with Gasteiger partial charge in [-0.25, -0.2) is 0 Å². The molecular weight excluding hydrogens is 310 g/mol. The van der Waals surface area contributed by atoms with Gasteiger partial charge in [0.15, 0.2) is 0 Å². The van der Waals surface area contributed by atoms with Crippen LogP contribution in [0.2, 0.25) is 0 Å². The predicted molar refractivity (Wildman–Crippen MR) is 89.0 cm³/mol. The molecule has 2 fully saturated rings. The average molecular weight is 336 g/mol. The maximum Gasteiger partial charge on any atom is 0.0356 e. The fraction of sp³-hybridized carbons (Fsp3) is 0.667. The van der Waals surface area contributed by atoms with Crippen molar-refractivity contribution in [3.8, 4) is 0 Å². The topological polar surface area (TPSA) is 12.0 Å². The van der Waals surface area contributed by atoms with Gasteiger partial charge in [-0.15, -0.1) is 0 Å². The standard InChI is InChI=1S/C18H26BrN/c1-4-20-18(17-13-7-5-6-8-14(13)17)15-9-12(3)16(19)10-11(15)2/h9-10,13-14,17-18,20H,4-8H2,1-3H3. The van der Waals surface area contributed by atoms with Crippen molar-refractivity contribution < 1.29 is 0 Å². The van der Waals surface area contributed by atoms with Crippen molar-refractivity contribution in [2.24, 2.45) is 17.8 Å². The van der Waals surface area contributed by atoms with Gasteiger partial charge in [-0.3, -0.25) is 0 Å². The Bertz CT molecular complexity index is 484. The molecule has 1 aromatic rings. The summed E-state index contributed by atoms with van der Waals surface area (Å²) in [7, 11) is 0. The van der Waals surface area contributed by atoms with E-state index in [4.69, 9.17) is 0 Å². The Morgan fingerprint density at radius 1 is 1.15 bits per heavy atom. The first-order valence-corrected chi connectivity index (χ1v) is 8.92. The van der Waals surface area contributed by atoms with Crippen molar-refractivity contribution in [2.45, 2.75) is 52.5 Å². The van der Waals surface area contributed by atoms with E-state index in [0.29, 0.717) is 6.04 Å². The molecule has 2 aliphatic carbocycles. The van der Waals surface area contributed by atoms with Crippen molar-refractivity contribution in [1.29, 1.82) is 0 Å². The second-order valence-corrected chi connectivity index (χ2v) is 7.54. The molecule has 0 aromatic heterocycles. The number of halogens is 1. The number of rotatable bonds is 4. The second kappa shape index (κ2) is 5.81. The average Bonchev–Trinajstić information content (AvgIpc) is 3.15. The van der Waals surface area contributed by atoms with Crippen LogP contribution in [0, 0.1) is 31.6 Å². The third-order valence-corrected chi connectivity index (χ3v) is 6.27. The zero-order chi connectivity index (χ0) is 14.3. The predicted octanol–water partition coefficient (Wildman–Crippen LogP) is 5.15. The summed E-state index contributed by atoms with van der Waals surface area (Å²) in [5.74, 6) is 2.88. The summed E-state index contributed by atoms with van der Waals surface area (Å²) in [4.78, 5) is 0. The summed E-state index contributed by atoms with van der Waals surface area (Å²) in [6.07, 6.45) is 5.83. The van der Waals surface area contributed by atoms with Crippen LogP contribution in [0.4, 0.5) is 0 Å². The lowest BCUT2D eigenvalue weighted by molar-refractivity contribution is 0.455. The monoisotopic (exact) mass is 335 g/mol. The molecule has 0 radical (unpaired) electrons. The normalized spacial score (nSPS) is 29.9. The van der Waals surface area contributed by atoms with Crippen molar-refractivity contribution in [3.63, 3.8) is 0 Å². The molecule has 0 saturated heterocycles. The maximum atomic E-state index is 3.79. The first kappa shape index (κ1) is 14.6. The molecule has 110 valence electrons. The Hall–Kier alpha value is -0.340. The van der Waals surface area contributed by atoms with Gasteiger partial charge in [-0.05, 0) is 73.7 Å². The van der Waals surface area contributed by atoms with E-state index in [0.717, 1.165) is 24.3 Å². The summed E-state index contributed by atoms with van der Waals surface area (Å²) in [6.45, 7) is 7.77. The molecule has 0 bridgehead atoms. The zero-order valence-electron chi connectivity index (χ0n) is 12.9. The largest absolute Gasteiger partial charge is 0.310 e. The van der Waals surface area contributed by atoms with Gasteiger partial charge in [0.2, 0.25) is 0 Å². The van der Waals surface area contributed by atoms with Crippen LogP contribution in [0.5, 0.6) is 0 Å². The fourth-order valence-corrected chi connectivity index (χ4v) is 4.81. The lowest BCUT2D eigenvalue weighted by Crippen LogP contribution is -2.24. The minimum Gasteiger partial charge on any atom is -0.310 e. The van der Waals surface area contributed by atoms with Gasteiger partial charge in [0.25, 0.3) is 0 Å². The van der Waals surface area contributed by atoms with E-state index in [-0.39, 0.29) is 0 Å². The Morgan fingerprint density at radius 2 is 1.80 bits per heavy atom. The molecule has 0 spiro atoms. The van der Waals surface area contributed by atoms with Gasteiger partial charge in [0, 0.05) is 10.5 Å². The van der Waals surface area contributed by atoms with Gasteiger partial charge in [0.05, 0.1) is 0 Å². The van der Waals surface area contributed by atoms with Crippen molar-refractivity contribution >= 4 is 15.9 Å². The van der Waals surface area contributed by atoms with Crippen LogP contribution in [-0.4, -0.2) is 6.54 Å². The first-order valence-electron chi connectivity index (χ1n) is 8.13. The lowest BCUT2D eigenvalue weighted by Gasteiger charge is -2.22. The molecule has 20 heavy (non-hydrogen) atoms. The molecular formula is C18H26BrN. The van der Waals surface area contributed by atoms with Gasteiger partial charge in [0.1, 0.15) is 0 Å². The van der Waals surface area contributed by atoms with Crippen LogP contribution in [0.15, 0.2) is 16.6 Å². The molecule has 3 atom stereocenters. The molecule has 1 aromatic carbocycles. The number of benzene rings is 1.